The molecule has 3 rings (SSSR count). The molecule has 0 atom stereocenters. The van der Waals surface area contributed by atoms with Crippen molar-refractivity contribution in [3.8, 4) is 0 Å². The van der Waals surface area contributed by atoms with E-state index in [9.17, 15) is 4.79 Å². The van der Waals surface area contributed by atoms with Crippen molar-refractivity contribution in [2.75, 3.05) is 23.3 Å². The van der Waals surface area contributed by atoms with Crippen LogP contribution in [0.25, 0.3) is 0 Å². The number of aryl methyl sites for hydroxylation is 1. The van der Waals surface area contributed by atoms with Gasteiger partial charge in [0, 0.05) is 30.7 Å². The number of nitrogens with zero attached hydrogens (tertiary/aromatic N) is 2. The number of carbonyl (C=O) groups excluding carboxylic acids is 1. The zero-order chi connectivity index (χ0) is 16.9. The summed E-state index contributed by atoms with van der Waals surface area (Å²) in [6.45, 7) is 6.48. The highest BCUT2D eigenvalue weighted by Crippen LogP contribution is 2.23. The largest absolute Gasteiger partial charge is 0.371 e. The van der Waals surface area contributed by atoms with Crippen molar-refractivity contribution in [1.82, 2.24) is 4.98 Å². The second kappa shape index (κ2) is 7.47. The number of pyridine rings is 1. The Morgan fingerprint density at radius 2 is 2.00 bits per heavy atom. The molecule has 2 aromatic rings. The van der Waals surface area contributed by atoms with Crippen LogP contribution < -0.4 is 10.2 Å². The lowest BCUT2D eigenvalue weighted by Crippen LogP contribution is -2.33. The highest BCUT2D eigenvalue weighted by atomic mass is 16.1. The van der Waals surface area contributed by atoms with Gasteiger partial charge in [-0.1, -0.05) is 32.0 Å². The molecule has 1 aliphatic rings. The monoisotopic (exact) mass is 323 g/mol. The van der Waals surface area contributed by atoms with Crippen molar-refractivity contribution in [2.45, 2.75) is 33.1 Å². The molecule has 2 heterocycles. The van der Waals surface area contributed by atoms with Crippen LogP contribution in [0.15, 0.2) is 42.6 Å². The summed E-state index contributed by atoms with van der Waals surface area (Å²) in [5, 5.41) is 2.99. The lowest BCUT2D eigenvalue weighted by atomic mass is 9.99. The van der Waals surface area contributed by atoms with Crippen LogP contribution in [0.5, 0.6) is 0 Å². The number of carbonyl (C=O) groups is 1. The molecule has 1 fully saturated rings. The standard InChI is InChI=1S/C20H25N3O/c1-3-16-6-4-5-7-18(16)22-20(24)19-14-17(8-11-21-19)23-12-9-15(2)10-13-23/h4-8,11,14-15H,3,9-10,12-13H2,1-2H3,(H,22,24). The fourth-order valence-corrected chi connectivity index (χ4v) is 3.14. The molecule has 1 N–H and O–H groups in total. The van der Waals surface area contributed by atoms with Crippen molar-refractivity contribution in [3.05, 3.63) is 53.9 Å². The molecule has 0 unspecified atom stereocenters. The number of anilines is 2. The van der Waals surface area contributed by atoms with Gasteiger partial charge in [0.05, 0.1) is 0 Å². The topological polar surface area (TPSA) is 45.2 Å². The van der Waals surface area contributed by atoms with Crippen molar-refractivity contribution in [3.63, 3.8) is 0 Å². The molecule has 1 aromatic heterocycles. The normalized spacial score (nSPS) is 15.3. The molecular weight excluding hydrogens is 298 g/mol. The summed E-state index contributed by atoms with van der Waals surface area (Å²) in [4.78, 5) is 19.2. The minimum atomic E-state index is -0.150. The number of benzene rings is 1. The zero-order valence-electron chi connectivity index (χ0n) is 14.5. The maximum absolute atomic E-state index is 12.6. The van der Waals surface area contributed by atoms with Crippen LogP contribution in [0.1, 0.15) is 42.7 Å². The Hall–Kier alpha value is -2.36. The Labute approximate surface area is 143 Å². The van der Waals surface area contributed by atoms with E-state index in [4.69, 9.17) is 0 Å². The molecule has 0 spiro atoms. The molecule has 24 heavy (non-hydrogen) atoms. The molecule has 4 heteroatoms. The van der Waals surface area contributed by atoms with Crippen LogP contribution in [0.4, 0.5) is 11.4 Å². The third-order valence-electron chi connectivity index (χ3n) is 4.77. The fourth-order valence-electron chi connectivity index (χ4n) is 3.14. The minimum absolute atomic E-state index is 0.150. The van der Waals surface area contributed by atoms with Crippen molar-refractivity contribution >= 4 is 17.3 Å². The summed E-state index contributed by atoms with van der Waals surface area (Å²) in [5.74, 6) is 0.638. The number of rotatable bonds is 4. The van der Waals surface area contributed by atoms with Gasteiger partial charge in [-0.15, -0.1) is 0 Å². The van der Waals surface area contributed by atoms with Crippen LogP contribution >= 0.6 is 0 Å². The van der Waals surface area contributed by atoms with Crippen molar-refractivity contribution < 1.29 is 4.79 Å². The third-order valence-corrected chi connectivity index (χ3v) is 4.77. The van der Waals surface area contributed by atoms with Gasteiger partial charge in [-0.3, -0.25) is 9.78 Å². The molecule has 4 nitrogen and oxygen atoms in total. The first-order valence-corrected chi connectivity index (χ1v) is 8.77. The van der Waals surface area contributed by atoms with E-state index < -0.39 is 0 Å². The first-order chi connectivity index (χ1) is 11.7. The highest BCUT2D eigenvalue weighted by molar-refractivity contribution is 6.03. The molecule has 126 valence electrons. The summed E-state index contributed by atoms with van der Waals surface area (Å²) in [5.41, 5.74) is 3.55. The van der Waals surface area contributed by atoms with E-state index in [0.717, 1.165) is 42.4 Å². The molecule has 1 amide bonds. The Morgan fingerprint density at radius 3 is 2.75 bits per heavy atom. The average Bonchev–Trinajstić information content (AvgIpc) is 2.63. The molecule has 0 aliphatic carbocycles. The van der Waals surface area contributed by atoms with Crippen LogP contribution in [0.3, 0.4) is 0 Å². The van der Waals surface area contributed by atoms with E-state index in [0.29, 0.717) is 5.69 Å². The van der Waals surface area contributed by atoms with Gasteiger partial charge in [-0.05, 0) is 48.9 Å². The quantitative estimate of drug-likeness (QED) is 0.920. The second-order valence-electron chi connectivity index (χ2n) is 6.53. The van der Waals surface area contributed by atoms with Gasteiger partial charge in [0.15, 0.2) is 0 Å². The number of hydrogen-bond acceptors (Lipinski definition) is 3. The Bertz CT molecular complexity index is 706. The lowest BCUT2D eigenvalue weighted by Gasteiger charge is -2.32. The third kappa shape index (κ3) is 3.75. The number of aromatic nitrogens is 1. The van der Waals surface area contributed by atoms with Gasteiger partial charge >= 0.3 is 0 Å². The van der Waals surface area contributed by atoms with E-state index in [2.05, 4.69) is 29.0 Å². The molecular formula is C20H25N3O. The fraction of sp³-hybridized carbons (Fsp3) is 0.400. The molecule has 1 aromatic carbocycles. The van der Waals surface area contributed by atoms with Crippen molar-refractivity contribution in [1.29, 1.82) is 0 Å². The molecule has 1 aliphatic heterocycles. The average molecular weight is 323 g/mol. The highest BCUT2D eigenvalue weighted by Gasteiger charge is 2.18. The van der Waals surface area contributed by atoms with E-state index in [1.807, 2.05) is 36.4 Å². The summed E-state index contributed by atoms with van der Waals surface area (Å²) in [6, 6.07) is 11.8. The van der Waals surface area contributed by atoms with Gasteiger partial charge in [0.2, 0.25) is 0 Å². The van der Waals surface area contributed by atoms with Gasteiger partial charge in [-0.2, -0.15) is 0 Å². The van der Waals surface area contributed by atoms with Crippen LogP contribution in [-0.2, 0) is 6.42 Å². The Kier molecular flexibility index (Phi) is 5.14. The SMILES string of the molecule is CCc1ccccc1NC(=O)c1cc(N2CCC(C)CC2)ccn1. The molecule has 0 bridgehead atoms. The van der Waals surface area contributed by atoms with Crippen LogP contribution in [0, 0.1) is 5.92 Å². The van der Waals surface area contributed by atoms with Gasteiger partial charge in [0.25, 0.3) is 5.91 Å². The smallest absolute Gasteiger partial charge is 0.274 e. The second-order valence-corrected chi connectivity index (χ2v) is 6.53. The first-order valence-electron chi connectivity index (χ1n) is 8.77. The van der Waals surface area contributed by atoms with Gasteiger partial charge in [0.1, 0.15) is 5.69 Å². The zero-order valence-corrected chi connectivity index (χ0v) is 14.5. The number of nitrogens with one attached hydrogen (secondary N) is 1. The van der Waals surface area contributed by atoms with E-state index in [1.54, 1.807) is 6.20 Å². The van der Waals surface area contributed by atoms with Crippen molar-refractivity contribution in [2.24, 2.45) is 5.92 Å². The van der Waals surface area contributed by atoms with E-state index in [-0.39, 0.29) is 5.91 Å². The lowest BCUT2D eigenvalue weighted by molar-refractivity contribution is 0.102. The number of amides is 1. The first kappa shape index (κ1) is 16.5. The van der Waals surface area contributed by atoms with Gasteiger partial charge < -0.3 is 10.2 Å². The number of piperidine rings is 1. The van der Waals surface area contributed by atoms with Crippen LogP contribution in [-0.4, -0.2) is 24.0 Å². The van der Waals surface area contributed by atoms with Crippen LogP contribution in [0.2, 0.25) is 0 Å². The maximum atomic E-state index is 12.6. The predicted octanol–water partition coefficient (Wildman–Crippen LogP) is 4.13. The Morgan fingerprint density at radius 1 is 1.25 bits per heavy atom. The minimum Gasteiger partial charge on any atom is -0.371 e. The van der Waals surface area contributed by atoms with E-state index in [1.165, 1.54) is 12.8 Å². The molecule has 0 saturated carbocycles. The molecule has 1 saturated heterocycles. The van der Waals surface area contributed by atoms with E-state index >= 15 is 0 Å². The number of hydrogen-bond donors (Lipinski definition) is 1. The molecule has 0 radical (unpaired) electrons. The maximum Gasteiger partial charge on any atom is 0.274 e. The summed E-state index contributed by atoms with van der Waals surface area (Å²) in [7, 11) is 0. The van der Waals surface area contributed by atoms with Gasteiger partial charge in [-0.25, -0.2) is 0 Å². The summed E-state index contributed by atoms with van der Waals surface area (Å²) in [6.07, 6.45) is 5.02. The summed E-state index contributed by atoms with van der Waals surface area (Å²) < 4.78 is 0. The Balaban J connectivity index is 1.75. The predicted molar refractivity (Wildman–Crippen MR) is 98.6 cm³/mol. The number of para-hydroxylation sites is 1. The summed E-state index contributed by atoms with van der Waals surface area (Å²) >= 11 is 0.